The SMILES string of the molecule is O=C(O)CCN1CCCN(c2ncc(C(F)(F)F)cc2Cl)CC1. The van der Waals surface area contributed by atoms with Crippen LogP contribution in [0, 0.1) is 0 Å². The summed E-state index contributed by atoms with van der Waals surface area (Å²) in [5, 5.41) is 8.69. The molecule has 9 heteroatoms. The molecule has 1 saturated heterocycles. The van der Waals surface area contributed by atoms with Crippen molar-refractivity contribution in [3.05, 3.63) is 22.8 Å². The Morgan fingerprint density at radius 3 is 2.65 bits per heavy atom. The largest absolute Gasteiger partial charge is 0.481 e. The summed E-state index contributed by atoms with van der Waals surface area (Å²) >= 11 is 5.97. The molecule has 0 aromatic carbocycles. The summed E-state index contributed by atoms with van der Waals surface area (Å²) < 4.78 is 37.9. The van der Waals surface area contributed by atoms with E-state index in [-0.39, 0.29) is 11.4 Å². The minimum Gasteiger partial charge on any atom is -0.481 e. The molecule has 2 heterocycles. The van der Waals surface area contributed by atoms with Gasteiger partial charge in [-0.05, 0) is 19.0 Å². The molecule has 0 unspecified atom stereocenters. The number of carboxylic acids is 1. The van der Waals surface area contributed by atoms with E-state index in [9.17, 15) is 18.0 Å². The van der Waals surface area contributed by atoms with Crippen LogP contribution in [-0.4, -0.2) is 53.7 Å². The number of pyridine rings is 1. The van der Waals surface area contributed by atoms with Gasteiger partial charge in [-0.25, -0.2) is 4.98 Å². The predicted octanol–water partition coefficient (Wildman–Crippen LogP) is 2.74. The van der Waals surface area contributed by atoms with Crippen LogP contribution < -0.4 is 4.90 Å². The summed E-state index contributed by atoms with van der Waals surface area (Å²) in [5.74, 6) is -0.515. The molecule has 0 radical (unpaired) electrons. The third-order valence-electron chi connectivity index (χ3n) is 3.68. The van der Waals surface area contributed by atoms with Crippen molar-refractivity contribution >= 4 is 23.4 Å². The minimum atomic E-state index is -4.47. The molecular formula is C14H17ClF3N3O2. The lowest BCUT2D eigenvalue weighted by Crippen LogP contribution is -2.32. The van der Waals surface area contributed by atoms with Gasteiger partial charge in [0.15, 0.2) is 0 Å². The molecular weight excluding hydrogens is 335 g/mol. The third kappa shape index (κ3) is 4.97. The Balaban J connectivity index is 2.04. The number of carboxylic acid groups (broad SMARTS) is 1. The molecule has 0 saturated carbocycles. The number of hydrogen-bond acceptors (Lipinski definition) is 4. The Hall–Kier alpha value is -1.54. The van der Waals surface area contributed by atoms with Crippen LogP contribution in [0.5, 0.6) is 0 Å². The van der Waals surface area contributed by atoms with Gasteiger partial charge in [-0.15, -0.1) is 0 Å². The molecule has 1 aliphatic rings. The van der Waals surface area contributed by atoms with Crippen LogP contribution in [0.15, 0.2) is 12.3 Å². The second-order valence-corrected chi connectivity index (χ2v) is 5.76. The van der Waals surface area contributed by atoms with Gasteiger partial charge >= 0.3 is 12.1 Å². The van der Waals surface area contributed by atoms with E-state index in [0.717, 1.165) is 25.2 Å². The van der Waals surface area contributed by atoms with E-state index in [2.05, 4.69) is 4.98 Å². The average Bonchev–Trinajstić information content (AvgIpc) is 2.69. The van der Waals surface area contributed by atoms with Crippen molar-refractivity contribution in [2.45, 2.75) is 19.0 Å². The van der Waals surface area contributed by atoms with E-state index in [4.69, 9.17) is 16.7 Å². The summed E-state index contributed by atoms with van der Waals surface area (Å²) in [7, 11) is 0. The maximum absolute atomic E-state index is 12.6. The van der Waals surface area contributed by atoms with E-state index >= 15 is 0 Å². The molecule has 5 nitrogen and oxygen atoms in total. The molecule has 0 bridgehead atoms. The fourth-order valence-electron chi connectivity index (χ4n) is 2.48. The van der Waals surface area contributed by atoms with E-state index in [1.807, 2.05) is 9.80 Å². The summed E-state index contributed by atoms with van der Waals surface area (Å²) in [5.41, 5.74) is -0.871. The van der Waals surface area contributed by atoms with Crippen molar-refractivity contribution < 1.29 is 23.1 Å². The Morgan fingerprint density at radius 2 is 2.04 bits per heavy atom. The van der Waals surface area contributed by atoms with Crippen LogP contribution in [0.1, 0.15) is 18.4 Å². The monoisotopic (exact) mass is 351 g/mol. The summed E-state index contributed by atoms with van der Waals surface area (Å²) in [6.45, 7) is 2.96. The Bertz CT molecular complexity index is 569. The van der Waals surface area contributed by atoms with Crippen molar-refractivity contribution in [3.63, 3.8) is 0 Å². The molecule has 1 aromatic heterocycles. The summed E-state index contributed by atoms with van der Waals surface area (Å²) in [6.07, 6.45) is -2.85. The van der Waals surface area contributed by atoms with Crippen molar-refractivity contribution in [2.24, 2.45) is 0 Å². The highest BCUT2D eigenvalue weighted by Gasteiger charge is 2.32. The maximum Gasteiger partial charge on any atom is 0.417 e. The van der Waals surface area contributed by atoms with Crippen molar-refractivity contribution in [1.82, 2.24) is 9.88 Å². The number of aliphatic carboxylic acids is 1. The van der Waals surface area contributed by atoms with Gasteiger partial charge in [-0.1, -0.05) is 11.6 Å². The van der Waals surface area contributed by atoms with E-state index < -0.39 is 17.7 Å². The highest BCUT2D eigenvalue weighted by atomic mass is 35.5. The van der Waals surface area contributed by atoms with E-state index in [0.29, 0.717) is 32.0 Å². The number of halogens is 4. The Kier molecular flexibility index (Phi) is 5.69. The average molecular weight is 352 g/mol. The second kappa shape index (κ2) is 7.35. The van der Waals surface area contributed by atoms with Gasteiger partial charge < -0.3 is 14.9 Å². The zero-order valence-corrected chi connectivity index (χ0v) is 13.1. The van der Waals surface area contributed by atoms with Gasteiger partial charge in [0.25, 0.3) is 0 Å². The number of alkyl halides is 3. The normalized spacial score (nSPS) is 17.1. The number of aromatic nitrogens is 1. The number of anilines is 1. The second-order valence-electron chi connectivity index (χ2n) is 5.35. The number of nitrogens with zero attached hydrogens (tertiary/aromatic N) is 3. The number of rotatable bonds is 4. The van der Waals surface area contributed by atoms with Crippen LogP contribution >= 0.6 is 11.6 Å². The van der Waals surface area contributed by atoms with Gasteiger partial charge in [0, 0.05) is 32.4 Å². The van der Waals surface area contributed by atoms with Crippen LogP contribution in [-0.2, 0) is 11.0 Å². The van der Waals surface area contributed by atoms with Crippen molar-refractivity contribution in [3.8, 4) is 0 Å². The van der Waals surface area contributed by atoms with Gasteiger partial charge in [0.05, 0.1) is 17.0 Å². The van der Waals surface area contributed by atoms with Crippen LogP contribution in [0.4, 0.5) is 19.0 Å². The standard InChI is InChI=1S/C14H17ClF3N3O2/c15-11-8-10(14(16,17)18)9-19-13(11)21-4-1-3-20(6-7-21)5-2-12(22)23/h8-9H,1-7H2,(H,22,23). The first kappa shape index (κ1) is 17.8. The molecule has 1 fully saturated rings. The van der Waals surface area contributed by atoms with Crippen LogP contribution in [0.2, 0.25) is 5.02 Å². The lowest BCUT2D eigenvalue weighted by atomic mass is 10.2. The molecule has 23 heavy (non-hydrogen) atoms. The van der Waals surface area contributed by atoms with Gasteiger partial charge in [-0.3, -0.25) is 4.79 Å². The fourth-order valence-corrected chi connectivity index (χ4v) is 2.76. The molecule has 0 aliphatic carbocycles. The molecule has 0 spiro atoms. The zero-order chi connectivity index (χ0) is 17.0. The number of carbonyl (C=O) groups is 1. The molecule has 2 rings (SSSR count). The van der Waals surface area contributed by atoms with Gasteiger partial charge in [0.1, 0.15) is 5.82 Å². The lowest BCUT2D eigenvalue weighted by Gasteiger charge is -2.23. The van der Waals surface area contributed by atoms with E-state index in [1.165, 1.54) is 0 Å². The Morgan fingerprint density at radius 1 is 1.30 bits per heavy atom. The highest BCUT2D eigenvalue weighted by molar-refractivity contribution is 6.33. The highest BCUT2D eigenvalue weighted by Crippen LogP contribution is 2.33. The molecule has 128 valence electrons. The molecule has 1 N–H and O–H groups in total. The fraction of sp³-hybridized carbons (Fsp3) is 0.571. The van der Waals surface area contributed by atoms with Gasteiger partial charge in [-0.2, -0.15) is 13.2 Å². The molecule has 1 aromatic rings. The van der Waals surface area contributed by atoms with Crippen molar-refractivity contribution in [1.29, 1.82) is 0 Å². The third-order valence-corrected chi connectivity index (χ3v) is 3.96. The molecule has 0 atom stereocenters. The van der Waals surface area contributed by atoms with Gasteiger partial charge in [0.2, 0.25) is 0 Å². The smallest absolute Gasteiger partial charge is 0.417 e. The minimum absolute atomic E-state index is 0.0289. The summed E-state index contributed by atoms with van der Waals surface area (Å²) in [6, 6.07) is 0.886. The van der Waals surface area contributed by atoms with Crippen molar-refractivity contribution in [2.75, 3.05) is 37.6 Å². The number of hydrogen-bond donors (Lipinski definition) is 1. The molecule has 1 aliphatic heterocycles. The lowest BCUT2D eigenvalue weighted by molar-refractivity contribution is -0.138. The molecule has 0 amide bonds. The van der Waals surface area contributed by atoms with Crippen LogP contribution in [0.3, 0.4) is 0 Å². The maximum atomic E-state index is 12.6. The quantitative estimate of drug-likeness (QED) is 0.904. The first-order chi connectivity index (χ1) is 10.8. The topological polar surface area (TPSA) is 56.7 Å². The Labute approximate surface area is 136 Å². The first-order valence-electron chi connectivity index (χ1n) is 7.19. The first-order valence-corrected chi connectivity index (χ1v) is 7.57. The zero-order valence-electron chi connectivity index (χ0n) is 12.3. The predicted molar refractivity (Wildman–Crippen MR) is 79.8 cm³/mol. The van der Waals surface area contributed by atoms with E-state index in [1.54, 1.807) is 0 Å². The van der Waals surface area contributed by atoms with Crippen LogP contribution in [0.25, 0.3) is 0 Å². The summed E-state index contributed by atoms with van der Waals surface area (Å²) in [4.78, 5) is 18.3.